The van der Waals surface area contributed by atoms with E-state index in [4.69, 9.17) is 9.47 Å². The molecule has 0 bridgehead atoms. The molecule has 0 aliphatic rings. The molecule has 0 aromatic rings. The van der Waals surface area contributed by atoms with Crippen molar-refractivity contribution in [2.75, 3.05) is 6.61 Å². The van der Waals surface area contributed by atoms with Gasteiger partial charge in [-0.15, -0.1) is 0 Å². The van der Waals surface area contributed by atoms with E-state index in [1.54, 1.807) is 19.1 Å². The molecule has 4 nitrogen and oxygen atoms in total. The Labute approximate surface area is 115 Å². The second kappa shape index (κ2) is 11.3. The summed E-state index contributed by atoms with van der Waals surface area (Å²) in [5.41, 5.74) is 0. The standard InChI is InChI=1S/C15H22O4/c1-4-6-7-10-14(19-15(17)9-5-2)11-8-12-18-13(3)16/h8,11,14H,4,6-7,10,12H2,1-3H3/b11-8-. The number of esters is 2. The first-order valence-corrected chi connectivity index (χ1v) is 6.53. The first-order valence-electron chi connectivity index (χ1n) is 6.53. The number of rotatable bonds is 8. The number of hydrogen-bond donors (Lipinski definition) is 0. The van der Waals surface area contributed by atoms with Crippen LogP contribution in [0.4, 0.5) is 0 Å². The molecule has 1 unspecified atom stereocenters. The van der Waals surface area contributed by atoms with Gasteiger partial charge < -0.3 is 9.47 Å². The molecule has 1 atom stereocenters. The third-order valence-electron chi connectivity index (χ3n) is 2.31. The van der Waals surface area contributed by atoms with Gasteiger partial charge in [0, 0.05) is 12.8 Å². The molecule has 0 aliphatic heterocycles. The zero-order valence-electron chi connectivity index (χ0n) is 11.9. The quantitative estimate of drug-likeness (QED) is 0.223. The molecule has 106 valence electrons. The van der Waals surface area contributed by atoms with Gasteiger partial charge in [-0.3, -0.25) is 4.79 Å². The van der Waals surface area contributed by atoms with Crippen LogP contribution >= 0.6 is 0 Å². The van der Waals surface area contributed by atoms with Crippen LogP contribution in [-0.4, -0.2) is 24.6 Å². The van der Waals surface area contributed by atoms with Gasteiger partial charge in [0.1, 0.15) is 12.7 Å². The first kappa shape index (κ1) is 17.2. The van der Waals surface area contributed by atoms with Crippen LogP contribution < -0.4 is 0 Å². The lowest BCUT2D eigenvalue weighted by atomic mass is 10.1. The minimum atomic E-state index is -0.527. The van der Waals surface area contributed by atoms with E-state index in [9.17, 15) is 9.59 Å². The van der Waals surface area contributed by atoms with Crippen LogP contribution in [-0.2, 0) is 19.1 Å². The molecule has 19 heavy (non-hydrogen) atoms. The van der Waals surface area contributed by atoms with Gasteiger partial charge in [0.15, 0.2) is 0 Å². The fourth-order valence-corrected chi connectivity index (χ4v) is 1.43. The summed E-state index contributed by atoms with van der Waals surface area (Å²) in [6.07, 6.45) is 7.04. The number of carbonyl (C=O) groups is 2. The second-order valence-corrected chi connectivity index (χ2v) is 4.05. The van der Waals surface area contributed by atoms with Crippen LogP contribution in [0.15, 0.2) is 12.2 Å². The number of unbranched alkanes of at least 4 members (excludes halogenated alkanes) is 2. The van der Waals surface area contributed by atoms with Crippen LogP contribution in [0.1, 0.15) is 46.5 Å². The van der Waals surface area contributed by atoms with Crippen molar-refractivity contribution < 1.29 is 19.1 Å². The van der Waals surface area contributed by atoms with E-state index in [2.05, 4.69) is 18.8 Å². The van der Waals surface area contributed by atoms with Crippen molar-refractivity contribution in [3.8, 4) is 11.8 Å². The molecular formula is C15H22O4. The van der Waals surface area contributed by atoms with Crippen LogP contribution in [0.5, 0.6) is 0 Å². The third-order valence-corrected chi connectivity index (χ3v) is 2.31. The lowest BCUT2D eigenvalue weighted by molar-refractivity contribution is -0.141. The Morgan fingerprint density at radius 1 is 1.32 bits per heavy atom. The number of ether oxygens (including phenoxy) is 2. The Kier molecular flexibility index (Phi) is 10.3. The van der Waals surface area contributed by atoms with E-state index in [0.29, 0.717) is 0 Å². The topological polar surface area (TPSA) is 52.6 Å². The molecule has 0 aromatic carbocycles. The number of hydrogen-bond acceptors (Lipinski definition) is 4. The molecule has 0 rings (SSSR count). The maximum absolute atomic E-state index is 11.3. The van der Waals surface area contributed by atoms with Gasteiger partial charge in [0.25, 0.3) is 0 Å². The minimum absolute atomic E-state index is 0.191. The normalized spacial score (nSPS) is 11.5. The average Bonchev–Trinajstić information content (AvgIpc) is 2.34. The van der Waals surface area contributed by atoms with Gasteiger partial charge in [-0.25, -0.2) is 4.79 Å². The molecule has 0 fully saturated rings. The van der Waals surface area contributed by atoms with Gasteiger partial charge in [-0.1, -0.05) is 25.7 Å². The van der Waals surface area contributed by atoms with E-state index < -0.39 is 5.97 Å². The largest absolute Gasteiger partial charge is 0.462 e. The summed E-state index contributed by atoms with van der Waals surface area (Å²) in [6, 6.07) is 0. The van der Waals surface area contributed by atoms with Crippen LogP contribution in [0, 0.1) is 11.8 Å². The summed E-state index contributed by atoms with van der Waals surface area (Å²) < 4.78 is 9.98. The van der Waals surface area contributed by atoms with Gasteiger partial charge >= 0.3 is 11.9 Å². The van der Waals surface area contributed by atoms with Gasteiger partial charge in [0.05, 0.1) is 0 Å². The Bertz CT molecular complexity index is 360. The van der Waals surface area contributed by atoms with Crippen molar-refractivity contribution in [3.05, 3.63) is 12.2 Å². The molecular weight excluding hydrogens is 244 g/mol. The summed E-state index contributed by atoms with van der Waals surface area (Å²) in [4.78, 5) is 21.9. The van der Waals surface area contributed by atoms with E-state index in [1.807, 2.05) is 0 Å². The molecule has 0 radical (unpaired) electrons. The van der Waals surface area contributed by atoms with Crippen molar-refractivity contribution in [1.29, 1.82) is 0 Å². The monoisotopic (exact) mass is 266 g/mol. The summed E-state index contributed by atoms with van der Waals surface area (Å²) in [5, 5.41) is 0. The molecule has 0 aliphatic carbocycles. The summed E-state index contributed by atoms with van der Waals surface area (Å²) in [6.45, 7) is 5.24. The lowest BCUT2D eigenvalue weighted by Crippen LogP contribution is -2.15. The maximum Gasteiger partial charge on any atom is 0.384 e. The SMILES string of the molecule is CC#CC(=O)OC(/C=C\COC(C)=O)CCCCC. The van der Waals surface area contributed by atoms with E-state index in [-0.39, 0.29) is 18.7 Å². The molecule has 0 spiro atoms. The summed E-state index contributed by atoms with van der Waals surface area (Å²) in [5.74, 6) is 3.99. The Morgan fingerprint density at radius 2 is 2.05 bits per heavy atom. The molecule has 0 amide bonds. The first-order chi connectivity index (χ1) is 9.10. The molecule has 0 N–H and O–H groups in total. The van der Waals surface area contributed by atoms with Crippen molar-refractivity contribution >= 4 is 11.9 Å². The second-order valence-electron chi connectivity index (χ2n) is 4.05. The predicted molar refractivity (Wildman–Crippen MR) is 73.2 cm³/mol. The smallest absolute Gasteiger partial charge is 0.384 e. The Morgan fingerprint density at radius 3 is 2.63 bits per heavy atom. The lowest BCUT2D eigenvalue weighted by Gasteiger charge is -2.12. The van der Waals surface area contributed by atoms with Crippen molar-refractivity contribution in [2.24, 2.45) is 0 Å². The predicted octanol–water partition coefficient (Wildman–Crippen LogP) is 2.62. The highest BCUT2D eigenvalue weighted by atomic mass is 16.5. The minimum Gasteiger partial charge on any atom is -0.462 e. The van der Waals surface area contributed by atoms with E-state index in [1.165, 1.54) is 6.92 Å². The Balaban J connectivity index is 4.25. The fraction of sp³-hybridized carbons (Fsp3) is 0.600. The highest BCUT2D eigenvalue weighted by Crippen LogP contribution is 2.08. The zero-order chi connectivity index (χ0) is 14.5. The maximum atomic E-state index is 11.3. The average molecular weight is 266 g/mol. The van der Waals surface area contributed by atoms with E-state index in [0.717, 1.165) is 25.7 Å². The van der Waals surface area contributed by atoms with E-state index >= 15 is 0 Å². The summed E-state index contributed by atoms with van der Waals surface area (Å²) >= 11 is 0. The molecule has 4 heteroatoms. The molecule has 0 heterocycles. The molecule has 0 saturated carbocycles. The third kappa shape index (κ3) is 11.1. The summed E-state index contributed by atoms with van der Waals surface area (Å²) in [7, 11) is 0. The van der Waals surface area contributed by atoms with Crippen LogP contribution in [0.3, 0.4) is 0 Å². The van der Waals surface area contributed by atoms with Gasteiger partial charge in [0.2, 0.25) is 0 Å². The van der Waals surface area contributed by atoms with Crippen LogP contribution in [0.2, 0.25) is 0 Å². The van der Waals surface area contributed by atoms with Gasteiger partial charge in [-0.05, 0) is 31.9 Å². The van der Waals surface area contributed by atoms with Crippen molar-refractivity contribution in [3.63, 3.8) is 0 Å². The molecule has 0 saturated heterocycles. The van der Waals surface area contributed by atoms with Gasteiger partial charge in [-0.2, -0.15) is 0 Å². The van der Waals surface area contributed by atoms with Crippen LogP contribution in [0.25, 0.3) is 0 Å². The van der Waals surface area contributed by atoms with Crippen molar-refractivity contribution in [2.45, 2.75) is 52.6 Å². The molecule has 0 aromatic heterocycles. The highest BCUT2D eigenvalue weighted by molar-refractivity contribution is 5.88. The fourth-order valence-electron chi connectivity index (χ4n) is 1.43. The van der Waals surface area contributed by atoms with Crippen molar-refractivity contribution in [1.82, 2.24) is 0 Å². The number of carbonyl (C=O) groups excluding carboxylic acids is 2. The zero-order valence-corrected chi connectivity index (χ0v) is 11.9. The highest BCUT2D eigenvalue weighted by Gasteiger charge is 2.09. The Hall–Kier alpha value is -1.76.